The number of hydrogen-bond donors (Lipinski definition) is 1. The normalized spacial score (nSPS) is 17.5. The summed E-state index contributed by atoms with van der Waals surface area (Å²) in [6, 6.07) is 8.00. The zero-order valence-corrected chi connectivity index (χ0v) is 18.6. The molecule has 1 saturated heterocycles. The van der Waals surface area contributed by atoms with Gasteiger partial charge in [0.15, 0.2) is 5.82 Å². The van der Waals surface area contributed by atoms with Crippen molar-refractivity contribution in [2.24, 2.45) is 5.92 Å². The molecule has 1 atom stereocenters. The molecule has 30 heavy (non-hydrogen) atoms. The van der Waals surface area contributed by atoms with E-state index in [9.17, 15) is 4.79 Å². The van der Waals surface area contributed by atoms with Crippen LogP contribution >= 0.6 is 0 Å². The smallest absolute Gasteiger partial charge is 0.253 e. The molecule has 7 heteroatoms. The van der Waals surface area contributed by atoms with Crippen LogP contribution in [-0.4, -0.2) is 43.2 Å². The van der Waals surface area contributed by atoms with E-state index in [-0.39, 0.29) is 17.1 Å². The first-order valence-corrected chi connectivity index (χ1v) is 11.0. The number of aromatic amines is 1. The lowest BCUT2D eigenvalue weighted by Gasteiger charge is -2.36. The molecule has 0 radical (unpaired) electrons. The lowest BCUT2D eigenvalue weighted by Crippen LogP contribution is -2.41. The summed E-state index contributed by atoms with van der Waals surface area (Å²) in [4.78, 5) is 18.7. The van der Waals surface area contributed by atoms with Gasteiger partial charge in [-0.25, -0.2) is 4.68 Å². The van der Waals surface area contributed by atoms with E-state index in [4.69, 9.17) is 0 Å². The Morgan fingerprint density at radius 1 is 1.20 bits per heavy atom. The predicted octanol–water partition coefficient (Wildman–Crippen LogP) is 3.65. The van der Waals surface area contributed by atoms with Gasteiger partial charge in [0.05, 0.1) is 5.54 Å². The number of likely N-dealkylation sites (tertiary alicyclic amines) is 1. The first kappa shape index (κ1) is 20.7. The minimum absolute atomic E-state index is 0.0705. The number of aryl methyl sites for hydroxylation is 1. The average molecular weight is 409 g/mol. The fourth-order valence-corrected chi connectivity index (χ4v) is 4.32. The Hall–Kier alpha value is -2.54. The number of H-pyrrole nitrogens is 1. The van der Waals surface area contributed by atoms with E-state index in [0.29, 0.717) is 11.5 Å². The standard InChI is InChI=1S/C23H32N6O/c1-6-16-7-8-19-17(13-16)14-18(22(30)24-19)20(28-11-9-15(2)10-12-28)21-25-26-27-29(21)23(3,4)5/h7-8,13-15,20H,6,9-12H2,1-5H3,(H,24,30). The van der Waals surface area contributed by atoms with Crippen molar-refractivity contribution in [3.8, 4) is 0 Å². The molecule has 0 bridgehead atoms. The predicted molar refractivity (Wildman–Crippen MR) is 119 cm³/mol. The van der Waals surface area contributed by atoms with Gasteiger partial charge >= 0.3 is 0 Å². The molecule has 0 amide bonds. The van der Waals surface area contributed by atoms with Crippen LogP contribution in [0.25, 0.3) is 10.9 Å². The molecular weight excluding hydrogens is 376 g/mol. The van der Waals surface area contributed by atoms with Crippen molar-refractivity contribution in [3.05, 3.63) is 51.6 Å². The third-order valence-corrected chi connectivity index (χ3v) is 6.20. The van der Waals surface area contributed by atoms with Gasteiger partial charge in [-0.05, 0) is 98.6 Å². The van der Waals surface area contributed by atoms with E-state index in [0.717, 1.165) is 49.1 Å². The minimum Gasteiger partial charge on any atom is -0.322 e. The van der Waals surface area contributed by atoms with Crippen LogP contribution in [0, 0.1) is 5.92 Å². The quantitative estimate of drug-likeness (QED) is 0.713. The summed E-state index contributed by atoms with van der Waals surface area (Å²) in [6.45, 7) is 12.5. The molecule has 160 valence electrons. The summed E-state index contributed by atoms with van der Waals surface area (Å²) < 4.78 is 1.86. The zero-order chi connectivity index (χ0) is 21.5. The lowest BCUT2D eigenvalue weighted by molar-refractivity contribution is 0.144. The molecule has 1 fully saturated rings. The maximum atomic E-state index is 13.2. The SMILES string of the molecule is CCc1ccc2[nH]c(=O)c(C(c3nnnn3C(C)(C)C)N3CCC(C)CC3)cc2c1. The second kappa shape index (κ2) is 7.95. The highest BCUT2D eigenvalue weighted by molar-refractivity contribution is 5.80. The van der Waals surface area contributed by atoms with E-state index < -0.39 is 0 Å². The molecule has 0 spiro atoms. The minimum atomic E-state index is -0.279. The highest BCUT2D eigenvalue weighted by Gasteiger charge is 2.34. The summed E-state index contributed by atoms with van der Waals surface area (Å²) >= 11 is 0. The summed E-state index contributed by atoms with van der Waals surface area (Å²) in [7, 11) is 0. The van der Waals surface area contributed by atoms with Crippen LogP contribution in [0.5, 0.6) is 0 Å². The Labute approximate surface area is 177 Å². The number of fused-ring (bicyclic) bond motifs is 1. The van der Waals surface area contributed by atoms with E-state index in [1.54, 1.807) is 0 Å². The largest absolute Gasteiger partial charge is 0.322 e. The number of benzene rings is 1. The number of aromatic nitrogens is 5. The zero-order valence-electron chi connectivity index (χ0n) is 18.6. The lowest BCUT2D eigenvalue weighted by atomic mass is 9.94. The number of piperidine rings is 1. The summed E-state index contributed by atoms with van der Waals surface area (Å²) in [5.41, 5.74) is 2.48. The topological polar surface area (TPSA) is 79.7 Å². The summed E-state index contributed by atoms with van der Waals surface area (Å²) in [5.74, 6) is 1.43. The molecule has 1 aliphatic heterocycles. The first-order chi connectivity index (χ1) is 14.3. The molecule has 0 aliphatic carbocycles. The third-order valence-electron chi connectivity index (χ3n) is 6.20. The number of nitrogens with zero attached hydrogens (tertiary/aromatic N) is 5. The number of rotatable bonds is 4. The van der Waals surface area contributed by atoms with Crippen molar-refractivity contribution in [3.63, 3.8) is 0 Å². The molecule has 1 aliphatic rings. The number of hydrogen-bond acceptors (Lipinski definition) is 5. The van der Waals surface area contributed by atoms with Gasteiger partial charge in [-0.15, -0.1) is 5.10 Å². The number of tetrazole rings is 1. The van der Waals surface area contributed by atoms with Gasteiger partial charge in [0.1, 0.15) is 6.04 Å². The fraction of sp³-hybridized carbons (Fsp3) is 0.565. The Balaban J connectivity index is 1.89. The molecular formula is C23H32N6O. The van der Waals surface area contributed by atoms with Gasteiger partial charge in [0.2, 0.25) is 0 Å². The maximum absolute atomic E-state index is 13.2. The fourth-order valence-electron chi connectivity index (χ4n) is 4.32. The van der Waals surface area contributed by atoms with Crippen LogP contribution in [0.4, 0.5) is 0 Å². The van der Waals surface area contributed by atoms with Crippen LogP contribution < -0.4 is 5.56 Å². The van der Waals surface area contributed by atoms with Crippen LogP contribution in [0.2, 0.25) is 0 Å². The molecule has 1 N–H and O–H groups in total. The van der Waals surface area contributed by atoms with Crippen molar-refractivity contribution in [1.29, 1.82) is 0 Å². The Morgan fingerprint density at radius 2 is 1.93 bits per heavy atom. The van der Waals surface area contributed by atoms with E-state index in [2.05, 4.69) is 72.2 Å². The molecule has 4 rings (SSSR count). The van der Waals surface area contributed by atoms with Gasteiger partial charge in [-0.3, -0.25) is 9.69 Å². The Bertz CT molecular complexity index is 1090. The Morgan fingerprint density at radius 3 is 2.60 bits per heavy atom. The monoisotopic (exact) mass is 408 g/mol. The van der Waals surface area contributed by atoms with Crippen molar-refractivity contribution in [2.75, 3.05) is 13.1 Å². The van der Waals surface area contributed by atoms with Gasteiger partial charge < -0.3 is 4.98 Å². The number of pyridine rings is 1. The molecule has 2 aromatic heterocycles. The second-order valence-electron chi connectivity index (χ2n) is 9.57. The van der Waals surface area contributed by atoms with E-state index >= 15 is 0 Å². The molecule has 3 heterocycles. The molecule has 1 unspecified atom stereocenters. The molecule has 7 nitrogen and oxygen atoms in total. The van der Waals surface area contributed by atoms with Crippen LogP contribution in [0.15, 0.2) is 29.1 Å². The van der Waals surface area contributed by atoms with Crippen molar-refractivity contribution in [2.45, 2.75) is 65.5 Å². The maximum Gasteiger partial charge on any atom is 0.253 e. The summed E-state index contributed by atoms with van der Waals surface area (Å²) in [6.07, 6.45) is 3.18. The van der Waals surface area contributed by atoms with Gasteiger partial charge in [-0.2, -0.15) is 0 Å². The van der Waals surface area contributed by atoms with E-state index in [1.807, 2.05) is 16.8 Å². The highest BCUT2D eigenvalue weighted by atomic mass is 16.1. The van der Waals surface area contributed by atoms with Crippen molar-refractivity contribution < 1.29 is 0 Å². The van der Waals surface area contributed by atoms with Crippen LogP contribution in [-0.2, 0) is 12.0 Å². The molecule has 0 saturated carbocycles. The van der Waals surface area contributed by atoms with Gasteiger partial charge in [0.25, 0.3) is 5.56 Å². The van der Waals surface area contributed by atoms with Gasteiger partial charge in [-0.1, -0.05) is 19.9 Å². The van der Waals surface area contributed by atoms with Crippen LogP contribution in [0.3, 0.4) is 0 Å². The highest BCUT2D eigenvalue weighted by Crippen LogP contribution is 2.32. The molecule has 1 aromatic carbocycles. The molecule has 3 aromatic rings. The second-order valence-corrected chi connectivity index (χ2v) is 9.57. The Kier molecular flexibility index (Phi) is 5.49. The van der Waals surface area contributed by atoms with Crippen molar-refractivity contribution in [1.82, 2.24) is 30.1 Å². The first-order valence-electron chi connectivity index (χ1n) is 11.0. The van der Waals surface area contributed by atoms with E-state index in [1.165, 1.54) is 5.56 Å². The third kappa shape index (κ3) is 3.90. The van der Waals surface area contributed by atoms with Crippen molar-refractivity contribution >= 4 is 10.9 Å². The van der Waals surface area contributed by atoms with Crippen LogP contribution in [0.1, 0.15) is 70.5 Å². The average Bonchev–Trinajstić information content (AvgIpc) is 3.19. The number of nitrogens with one attached hydrogen (secondary N) is 1. The summed E-state index contributed by atoms with van der Waals surface area (Å²) in [5, 5.41) is 13.7. The van der Waals surface area contributed by atoms with Gasteiger partial charge in [0, 0.05) is 11.1 Å².